The Bertz CT molecular complexity index is 1050. The monoisotopic (exact) mass is 397 g/mol. The number of hydrogen-bond donors (Lipinski definition) is 2. The first-order valence-corrected chi connectivity index (χ1v) is 8.94. The van der Waals surface area contributed by atoms with Crippen molar-refractivity contribution in [1.29, 1.82) is 0 Å². The highest BCUT2D eigenvalue weighted by atomic mass is 19.4. The zero-order chi connectivity index (χ0) is 20.4. The van der Waals surface area contributed by atoms with E-state index in [0.717, 1.165) is 23.4 Å². The lowest BCUT2D eigenvalue weighted by molar-refractivity contribution is -0.137. The van der Waals surface area contributed by atoms with E-state index < -0.39 is 11.7 Å². The molecule has 0 spiro atoms. The van der Waals surface area contributed by atoms with Gasteiger partial charge in [-0.25, -0.2) is 4.98 Å². The molecule has 3 aromatic rings. The Morgan fingerprint density at radius 2 is 1.69 bits per heavy atom. The molecule has 0 fully saturated rings. The van der Waals surface area contributed by atoms with Gasteiger partial charge in [0.15, 0.2) is 0 Å². The largest absolute Gasteiger partial charge is 0.416 e. The van der Waals surface area contributed by atoms with Gasteiger partial charge in [-0.3, -0.25) is 0 Å². The molecule has 2 heterocycles. The second-order valence-corrected chi connectivity index (χ2v) is 6.69. The van der Waals surface area contributed by atoms with Crippen molar-refractivity contribution in [2.45, 2.75) is 12.7 Å². The minimum atomic E-state index is -4.41. The first kappa shape index (κ1) is 18.8. The zero-order valence-electron chi connectivity index (χ0n) is 15.5. The van der Waals surface area contributed by atoms with Crippen molar-refractivity contribution in [2.24, 2.45) is 0 Å². The van der Waals surface area contributed by atoms with E-state index in [1.807, 2.05) is 54.6 Å². The van der Waals surface area contributed by atoms with E-state index in [0.29, 0.717) is 18.1 Å². The van der Waals surface area contributed by atoms with E-state index in [9.17, 15) is 13.2 Å². The second-order valence-electron chi connectivity index (χ2n) is 6.69. The van der Waals surface area contributed by atoms with Crippen LogP contribution in [0.2, 0.25) is 0 Å². The summed E-state index contributed by atoms with van der Waals surface area (Å²) in [6, 6.07) is 14.5. The molecule has 1 aliphatic heterocycles. The SMILES string of the molecule is CN1C=Cc2nc(Nc3cccc(C(F)(F)F)c3)nc(Nc3ccccc3)c2C1. The summed E-state index contributed by atoms with van der Waals surface area (Å²) in [4.78, 5) is 11.0. The molecule has 0 radical (unpaired) electrons. The van der Waals surface area contributed by atoms with E-state index in [-0.39, 0.29) is 11.6 Å². The standard InChI is InChI=1S/C21H18F3N5/c1-29-11-10-18-17(13-29)19(25-15-7-3-2-4-8-15)28-20(27-18)26-16-9-5-6-14(12-16)21(22,23)24/h2-12H,13H2,1H3,(H2,25,26,27,28). The Kier molecular flexibility index (Phi) is 4.84. The summed E-state index contributed by atoms with van der Waals surface area (Å²) in [5, 5.41) is 6.18. The highest BCUT2D eigenvalue weighted by Crippen LogP contribution is 2.32. The number of rotatable bonds is 4. The van der Waals surface area contributed by atoms with Crippen molar-refractivity contribution in [2.75, 3.05) is 17.7 Å². The molecule has 1 aromatic heterocycles. The number of hydrogen-bond acceptors (Lipinski definition) is 5. The molecule has 148 valence electrons. The number of para-hydroxylation sites is 1. The van der Waals surface area contributed by atoms with Gasteiger partial charge in [0.05, 0.1) is 11.3 Å². The number of aromatic nitrogens is 2. The fraction of sp³-hybridized carbons (Fsp3) is 0.143. The van der Waals surface area contributed by atoms with Crippen molar-refractivity contribution >= 4 is 29.2 Å². The van der Waals surface area contributed by atoms with Crippen LogP contribution in [0.1, 0.15) is 16.8 Å². The summed E-state index contributed by atoms with van der Waals surface area (Å²) < 4.78 is 39.0. The molecule has 2 N–H and O–H groups in total. The Hall–Kier alpha value is -3.55. The topological polar surface area (TPSA) is 53.1 Å². The molecular formula is C21H18F3N5. The summed E-state index contributed by atoms with van der Waals surface area (Å²) in [7, 11) is 1.94. The van der Waals surface area contributed by atoms with Crippen LogP contribution in [0.4, 0.5) is 36.3 Å². The Morgan fingerprint density at radius 3 is 2.45 bits per heavy atom. The maximum Gasteiger partial charge on any atom is 0.416 e. The Balaban J connectivity index is 1.70. The minimum Gasteiger partial charge on any atom is -0.376 e. The number of nitrogens with zero attached hydrogens (tertiary/aromatic N) is 3. The molecule has 1 aliphatic rings. The smallest absolute Gasteiger partial charge is 0.376 e. The molecule has 0 bridgehead atoms. The lowest BCUT2D eigenvalue weighted by Gasteiger charge is -2.23. The van der Waals surface area contributed by atoms with Crippen LogP contribution in [-0.4, -0.2) is 21.9 Å². The lowest BCUT2D eigenvalue weighted by Crippen LogP contribution is -2.18. The average Bonchev–Trinajstić information content (AvgIpc) is 2.69. The van der Waals surface area contributed by atoms with Crippen molar-refractivity contribution < 1.29 is 13.2 Å². The summed E-state index contributed by atoms with van der Waals surface area (Å²) in [5.74, 6) is 0.822. The van der Waals surface area contributed by atoms with Crippen LogP contribution in [-0.2, 0) is 12.7 Å². The van der Waals surface area contributed by atoms with Gasteiger partial charge in [0, 0.05) is 36.7 Å². The molecule has 0 unspecified atom stereocenters. The fourth-order valence-corrected chi connectivity index (χ4v) is 3.01. The van der Waals surface area contributed by atoms with Gasteiger partial charge in [-0.1, -0.05) is 24.3 Å². The molecule has 0 aliphatic carbocycles. The predicted octanol–water partition coefficient (Wildman–Crippen LogP) is 5.40. The molecule has 5 nitrogen and oxygen atoms in total. The Labute approximate surface area is 165 Å². The maximum atomic E-state index is 13.0. The number of anilines is 4. The summed E-state index contributed by atoms with van der Waals surface area (Å²) in [5.41, 5.74) is 2.02. The number of benzene rings is 2. The van der Waals surface area contributed by atoms with Crippen molar-refractivity contribution in [3.05, 3.63) is 77.6 Å². The van der Waals surface area contributed by atoms with Gasteiger partial charge in [0.2, 0.25) is 5.95 Å². The van der Waals surface area contributed by atoms with Gasteiger partial charge < -0.3 is 15.5 Å². The minimum absolute atomic E-state index is 0.218. The molecule has 29 heavy (non-hydrogen) atoms. The van der Waals surface area contributed by atoms with E-state index in [4.69, 9.17) is 0 Å². The number of alkyl halides is 3. The van der Waals surface area contributed by atoms with Crippen molar-refractivity contribution in [1.82, 2.24) is 14.9 Å². The van der Waals surface area contributed by atoms with Crippen molar-refractivity contribution in [3.8, 4) is 0 Å². The Morgan fingerprint density at radius 1 is 0.931 bits per heavy atom. The van der Waals surface area contributed by atoms with Crippen LogP contribution in [0.3, 0.4) is 0 Å². The van der Waals surface area contributed by atoms with Crippen LogP contribution in [0.5, 0.6) is 0 Å². The zero-order valence-corrected chi connectivity index (χ0v) is 15.5. The molecule has 2 aromatic carbocycles. The number of halogens is 3. The number of fused-ring (bicyclic) bond motifs is 1. The van der Waals surface area contributed by atoms with E-state index in [2.05, 4.69) is 20.6 Å². The maximum absolute atomic E-state index is 13.0. The third kappa shape index (κ3) is 4.31. The second kappa shape index (κ2) is 7.46. The lowest BCUT2D eigenvalue weighted by atomic mass is 10.1. The van der Waals surface area contributed by atoms with Gasteiger partial charge in [0.25, 0.3) is 0 Å². The van der Waals surface area contributed by atoms with E-state index in [1.165, 1.54) is 6.07 Å². The molecule has 0 amide bonds. The van der Waals surface area contributed by atoms with Gasteiger partial charge in [-0.2, -0.15) is 18.2 Å². The van der Waals surface area contributed by atoms with Crippen LogP contribution in [0, 0.1) is 0 Å². The predicted molar refractivity (Wildman–Crippen MR) is 107 cm³/mol. The fourth-order valence-electron chi connectivity index (χ4n) is 3.01. The molecule has 0 saturated heterocycles. The summed E-state index contributed by atoms with van der Waals surface area (Å²) >= 11 is 0. The van der Waals surface area contributed by atoms with Crippen LogP contribution >= 0.6 is 0 Å². The third-order valence-corrected chi connectivity index (χ3v) is 4.42. The first-order chi connectivity index (χ1) is 13.9. The van der Waals surface area contributed by atoms with Crippen LogP contribution in [0.15, 0.2) is 60.8 Å². The van der Waals surface area contributed by atoms with E-state index >= 15 is 0 Å². The average molecular weight is 397 g/mol. The summed E-state index contributed by atoms with van der Waals surface area (Å²) in [6.07, 6.45) is -0.661. The molecule has 4 rings (SSSR count). The third-order valence-electron chi connectivity index (χ3n) is 4.42. The molecule has 0 atom stereocenters. The van der Waals surface area contributed by atoms with Crippen molar-refractivity contribution in [3.63, 3.8) is 0 Å². The first-order valence-electron chi connectivity index (χ1n) is 8.94. The summed E-state index contributed by atoms with van der Waals surface area (Å²) in [6.45, 7) is 0.616. The molecule has 0 saturated carbocycles. The molecular weight excluding hydrogens is 379 g/mol. The van der Waals surface area contributed by atoms with Gasteiger partial charge in [0.1, 0.15) is 5.82 Å². The molecule has 8 heteroatoms. The number of nitrogens with one attached hydrogen (secondary N) is 2. The van der Waals surface area contributed by atoms with E-state index in [1.54, 1.807) is 6.07 Å². The van der Waals surface area contributed by atoms with Crippen LogP contribution < -0.4 is 10.6 Å². The van der Waals surface area contributed by atoms with Crippen LogP contribution in [0.25, 0.3) is 6.08 Å². The highest BCUT2D eigenvalue weighted by Gasteiger charge is 2.30. The van der Waals surface area contributed by atoms with Gasteiger partial charge >= 0.3 is 6.18 Å². The quantitative estimate of drug-likeness (QED) is 0.618. The normalized spacial score (nSPS) is 13.2. The van der Waals surface area contributed by atoms with Gasteiger partial charge in [-0.15, -0.1) is 0 Å². The highest BCUT2D eigenvalue weighted by molar-refractivity contribution is 5.68. The van der Waals surface area contributed by atoms with Gasteiger partial charge in [-0.05, 0) is 36.4 Å².